The van der Waals surface area contributed by atoms with Gasteiger partial charge in [-0.25, -0.2) is 4.79 Å². The number of urea groups is 1. The summed E-state index contributed by atoms with van der Waals surface area (Å²) in [4.78, 5) is 13.6. The van der Waals surface area contributed by atoms with Crippen LogP contribution in [0.4, 0.5) is 4.79 Å². The Labute approximate surface area is 173 Å². The largest absolute Gasteiger partial charge is 0.493 e. The lowest BCUT2D eigenvalue weighted by molar-refractivity contribution is -0.945. The molecule has 1 aliphatic heterocycles. The minimum atomic E-state index is -0.112. The normalized spacial score (nSPS) is 17.9. The summed E-state index contributed by atoms with van der Waals surface area (Å²) in [6, 6.07) is 14.7. The first-order valence-corrected chi connectivity index (χ1v) is 10.3. The molecule has 0 radical (unpaired) electrons. The number of carbonyl (C=O) groups is 1. The second-order valence-corrected chi connectivity index (χ2v) is 7.42. The summed E-state index contributed by atoms with van der Waals surface area (Å²) in [5, 5.41) is 5.96. The van der Waals surface area contributed by atoms with Gasteiger partial charge >= 0.3 is 6.03 Å². The minimum absolute atomic E-state index is 0.112. The van der Waals surface area contributed by atoms with Crippen molar-refractivity contribution in [1.82, 2.24) is 10.6 Å². The summed E-state index contributed by atoms with van der Waals surface area (Å²) in [6.07, 6.45) is 1.89. The van der Waals surface area contributed by atoms with Crippen molar-refractivity contribution in [2.75, 3.05) is 33.9 Å². The molecule has 1 unspecified atom stereocenters. The van der Waals surface area contributed by atoms with E-state index in [0.717, 1.165) is 37.4 Å². The maximum Gasteiger partial charge on any atom is 0.315 e. The molecule has 2 atom stereocenters. The number of methoxy groups -OCH3 is 2. The molecular formula is C23H32N3O3+. The van der Waals surface area contributed by atoms with Gasteiger partial charge in [0, 0.05) is 24.1 Å². The van der Waals surface area contributed by atoms with Gasteiger partial charge in [-0.2, -0.15) is 0 Å². The predicted molar refractivity (Wildman–Crippen MR) is 114 cm³/mol. The molecule has 156 valence electrons. The fourth-order valence-electron chi connectivity index (χ4n) is 3.99. The van der Waals surface area contributed by atoms with Crippen LogP contribution >= 0.6 is 0 Å². The third-order valence-electron chi connectivity index (χ3n) is 5.51. The van der Waals surface area contributed by atoms with Gasteiger partial charge in [-0.3, -0.25) is 0 Å². The molecule has 0 aromatic heterocycles. The van der Waals surface area contributed by atoms with Crippen molar-refractivity contribution < 1.29 is 19.2 Å². The van der Waals surface area contributed by atoms with E-state index in [4.69, 9.17) is 9.47 Å². The average Bonchev–Trinajstić information content (AvgIpc) is 2.76. The highest BCUT2D eigenvalue weighted by Crippen LogP contribution is 2.34. The molecule has 0 aliphatic carbocycles. The summed E-state index contributed by atoms with van der Waals surface area (Å²) in [7, 11) is 3.32. The van der Waals surface area contributed by atoms with Crippen LogP contribution in [0.1, 0.15) is 36.1 Å². The third kappa shape index (κ3) is 5.21. The van der Waals surface area contributed by atoms with E-state index in [1.54, 1.807) is 14.2 Å². The molecule has 0 fully saturated rings. The zero-order chi connectivity index (χ0) is 20.6. The van der Waals surface area contributed by atoms with Gasteiger partial charge in [0.15, 0.2) is 11.5 Å². The van der Waals surface area contributed by atoms with Crippen LogP contribution in [-0.4, -0.2) is 39.9 Å². The Balaban J connectivity index is 1.86. The SMILES string of the molecule is CCCNC(=O)NC[C@@H]1c2cc(OC)c(OC)cc2CC[NH+]1Cc1ccccc1. The number of amides is 2. The van der Waals surface area contributed by atoms with Gasteiger partial charge in [0.1, 0.15) is 12.6 Å². The van der Waals surface area contributed by atoms with E-state index in [1.165, 1.54) is 21.6 Å². The lowest BCUT2D eigenvalue weighted by Gasteiger charge is -2.35. The maximum atomic E-state index is 12.2. The number of rotatable bonds is 8. The third-order valence-corrected chi connectivity index (χ3v) is 5.51. The average molecular weight is 399 g/mol. The highest BCUT2D eigenvalue weighted by atomic mass is 16.5. The first kappa shape index (κ1) is 21.0. The fourth-order valence-corrected chi connectivity index (χ4v) is 3.99. The number of carbonyl (C=O) groups excluding carboxylic acids is 1. The highest BCUT2D eigenvalue weighted by molar-refractivity contribution is 5.73. The van der Waals surface area contributed by atoms with Gasteiger partial charge in [-0.05, 0) is 24.1 Å². The van der Waals surface area contributed by atoms with E-state index in [9.17, 15) is 4.79 Å². The van der Waals surface area contributed by atoms with Gasteiger partial charge in [-0.15, -0.1) is 0 Å². The molecule has 3 rings (SSSR count). The lowest BCUT2D eigenvalue weighted by atomic mass is 9.91. The molecule has 2 aromatic carbocycles. The van der Waals surface area contributed by atoms with Crippen LogP contribution < -0.4 is 25.0 Å². The first-order chi connectivity index (χ1) is 14.2. The van der Waals surface area contributed by atoms with Crippen LogP contribution in [0.5, 0.6) is 11.5 Å². The molecule has 1 heterocycles. The lowest BCUT2D eigenvalue weighted by Crippen LogP contribution is -3.12. The number of quaternary nitrogens is 1. The monoisotopic (exact) mass is 398 g/mol. The molecule has 1 aliphatic rings. The van der Waals surface area contributed by atoms with Crippen molar-refractivity contribution in [3.63, 3.8) is 0 Å². The van der Waals surface area contributed by atoms with Crippen LogP contribution in [0.25, 0.3) is 0 Å². The Morgan fingerprint density at radius 3 is 2.52 bits per heavy atom. The Morgan fingerprint density at radius 1 is 1.10 bits per heavy atom. The summed E-state index contributed by atoms with van der Waals surface area (Å²) in [5.41, 5.74) is 3.78. The van der Waals surface area contributed by atoms with E-state index >= 15 is 0 Å². The number of hydrogen-bond acceptors (Lipinski definition) is 3. The standard InChI is InChI=1S/C23H31N3O3/c1-4-11-24-23(27)25-15-20-19-14-22(29-3)21(28-2)13-18(19)10-12-26(20)16-17-8-6-5-7-9-17/h5-9,13-14,20H,4,10-12,15-16H2,1-3H3,(H2,24,25,27)/p+1/t20-/m1/s1. The van der Waals surface area contributed by atoms with Crippen molar-refractivity contribution in [2.45, 2.75) is 32.4 Å². The zero-order valence-corrected chi connectivity index (χ0v) is 17.6. The van der Waals surface area contributed by atoms with Crippen molar-refractivity contribution in [1.29, 1.82) is 0 Å². The smallest absolute Gasteiger partial charge is 0.315 e. The van der Waals surface area contributed by atoms with Crippen LogP contribution in [-0.2, 0) is 13.0 Å². The van der Waals surface area contributed by atoms with Crippen LogP contribution in [0, 0.1) is 0 Å². The molecule has 6 heteroatoms. The highest BCUT2D eigenvalue weighted by Gasteiger charge is 2.32. The second-order valence-electron chi connectivity index (χ2n) is 7.42. The van der Waals surface area contributed by atoms with Gasteiger partial charge in [-0.1, -0.05) is 37.3 Å². The van der Waals surface area contributed by atoms with E-state index in [-0.39, 0.29) is 12.1 Å². The Kier molecular flexibility index (Phi) is 7.36. The molecule has 29 heavy (non-hydrogen) atoms. The molecule has 2 amide bonds. The fraction of sp³-hybridized carbons (Fsp3) is 0.435. The maximum absolute atomic E-state index is 12.2. The predicted octanol–water partition coefficient (Wildman–Crippen LogP) is 2.10. The van der Waals surface area contributed by atoms with E-state index in [2.05, 4.69) is 47.0 Å². The number of benzene rings is 2. The summed E-state index contributed by atoms with van der Waals surface area (Å²) in [6.45, 7) is 5.21. The Bertz CT molecular complexity index is 811. The molecule has 0 saturated heterocycles. The molecule has 0 spiro atoms. The summed E-state index contributed by atoms with van der Waals surface area (Å²) < 4.78 is 11.0. The summed E-state index contributed by atoms with van der Waals surface area (Å²) >= 11 is 0. The van der Waals surface area contributed by atoms with Crippen molar-refractivity contribution in [2.24, 2.45) is 0 Å². The molecular weight excluding hydrogens is 366 g/mol. The van der Waals surface area contributed by atoms with Gasteiger partial charge < -0.3 is 25.0 Å². The van der Waals surface area contributed by atoms with Crippen LogP contribution in [0.3, 0.4) is 0 Å². The van der Waals surface area contributed by atoms with Crippen molar-refractivity contribution in [3.05, 3.63) is 59.2 Å². The number of ether oxygens (including phenoxy) is 2. The Hall–Kier alpha value is -2.73. The topological polar surface area (TPSA) is 64.0 Å². The molecule has 6 nitrogen and oxygen atoms in total. The number of fused-ring (bicyclic) bond motifs is 1. The van der Waals surface area contributed by atoms with Crippen molar-refractivity contribution in [3.8, 4) is 11.5 Å². The van der Waals surface area contributed by atoms with E-state index in [0.29, 0.717) is 13.1 Å². The van der Waals surface area contributed by atoms with E-state index < -0.39 is 0 Å². The molecule has 2 aromatic rings. The number of nitrogens with one attached hydrogen (secondary N) is 3. The van der Waals surface area contributed by atoms with E-state index in [1.807, 2.05) is 13.0 Å². The first-order valence-electron chi connectivity index (χ1n) is 10.3. The van der Waals surface area contributed by atoms with Crippen molar-refractivity contribution >= 4 is 6.03 Å². The Morgan fingerprint density at radius 2 is 1.83 bits per heavy atom. The molecule has 0 saturated carbocycles. The van der Waals surface area contributed by atoms with Gasteiger partial charge in [0.2, 0.25) is 0 Å². The minimum Gasteiger partial charge on any atom is -0.493 e. The summed E-state index contributed by atoms with van der Waals surface area (Å²) in [5.74, 6) is 1.48. The van der Waals surface area contributed by atoms with Crippen LogP contribution in [0.15, 0.2) is 42.5 Å². The molecule has 3 N–H and O–H groups in total. The quantitative estimate of drug-likeness (QED) is 0.638. The molecule has 0 bridgehead atoms. The number of hydrogen-bond donors (Lipinski definition) is 3. The zero-order valence-electron chi connectivity index (χ0n) is 17.6. The van der Waals surface area contributed by atoms with Gasteiger partial charge in [0.25, 0.3) is 0 Å². The van der Waals surface area contributed by atoms with Gasteiger partial charge in [0.05, 0.1) is 27.3 Å². The van der Waals surface area contributed by atoms with Crippen LogP contribution in [0.2, 0.25) is 0 Å². The second kappa shape index (κ2) is 10.2.